The zero-order valence-electron chi connectivity index (χ0n) is 14.2. The maximum Gasteiger partial charge on any atom is 0.258 e. The smallest absolute Gasteiger partial charge is 0.258 e. The molecule has 3 rings (SSSR count). The fraction of sp³-hybridized carbons (Fsp3) is 0.350. The Morgan fingerprint density at radius 3 is 2.36 bits per heavy atom. The zero-order chi connectivity index (χ0) is 17.5. The van der Waals surface area contributed by atoms with Gasteiger partial charge in [0.05, 0.1) is 0 Å². The highest BCUT2D eigenvalue weighted by atomic mass is 19.1. The molecule has 2 aromatic carbocycles. The third-order valence-electron chi connectivity index (χ3n) is 4.33. The van der Waals surface area contributed by atoms with Gasteiger partial charge in [0.2, 0.25) is 0 Å². The summed E-state index contributed by atoms with van der Waals surface area (Å²) in [4.78, 5) is 14.3. The lowest BCUT2D eigenvalue weighted by Crippen LogP contribution is -2.29. The summed E-state index contributed by atoms with van der Waals surface area (Å²) >= 11 is 0. The molecule has 4 nitrogen and oxygen atoms in total. The number of piperidine rings is 1. The fourth-order valence-corrected chi connectivity index (χ4v) is 2.91. The largest absolute Gasteiger partial charge is 0.484 e. The maximum absolute atomic E-state index is 12.8. The minimum atomic E-state index is -0.329. The molecule has 1 amide bonds. The summed E-state index contributed by atoms with van der Waals surface area (Å²) in [5, 5.41) is 2.83. The first-order valence-electron chi connectivity index (χ1n) is 8.70. The summed E-state index contributed by atoms with van der Waals surface area (Å²) in [5.74, 6) is -0.0586. The number of halogens is 1. The van der Waals surface area contributed by atoms with Crippen molar-refractivity contribution in [3.05, 3.63) is 59.9 Å². The van der Waals surface area contributed by atoms with Crippen molar-refractivity contribution < 1.29 is 13.9 Å². The van der Waals surface area contributed by atoms with Gasteiger partial charge in [-0.2, -0.15) is 0 Å². The zero-order valence-corrected chi connectivity index (χ0v) is 14.2. The summed E-state index contributed by atoms with van der Waals surface area (Å²) in [5.41, 5.74) is 2.30. The van der Waals surface area contributed by atoms with E-state index in [2.05, 4.69) is 22.3 Å². The second-order valence-electron chi connectivity index (χ2n) is 6.23. The molecule has 25 heavy (non-hydrogen) atoms. The van der Waals surface area contributed by atoms with Gasteiger partial charge in [0.25, 0.3) is 5.91 Å². The molecule has 1 heterocycles. The Hall–Kier alpha value is -2.56. The number of anilines is 1. The Morgan fingerprint density at radius 1 is 1.00 bits per heavy atom. The van der Waals surface area contributed by atoms with E-state index in [9.17, 15) is 9.18 Å². The third-order valence-corrected chi connectivity index (χ3v) is 4.33. The van der Waals surface area contributed by atoms with Gasteiger partial charge < -0.3 is 15.0 Å². The van der Waals surface area contributed by atoms with Crippen LogP contribution in [0, 0.1) is 5.82 Å². The molecule has 2 aromatic rings. The summed E-state index contributed by atoms with van der Waals surface area (Å²) in [6, 6.07) is 13.9. The summed E-state index contributed by atoms with van der Waals surface area (Å²) in [7, 11) is 0. The van der Waals surface area contributed by atoms with Crippen LogP contribution in [0.2, 0.25) is 0 Å². The van der Waals surface area contributed by atoms with Crippen molar-refractivity contribution in [2.45, 2.75) is 25.8 Å². The Kier molecular flexibility index (Phi) is 5.88. The predicted molar refractivity (Wildman–Crippen MR) is 96.2 cm³/mol. The number of carbonyl (C=O) groups is 1. The molecule has 0 saturated carbocycles. The average molecular weight is 342 g/mol. The fourth-order valence-electron chi connectivity index (χ4n) is 2.91. The van der Waals surface area contributed by atoms with E-state index in [0.29, 0.717) is 12.3 Å². The van der Waals surface area contributed by atoms with Gasteiger partial charge in [0.1, 0.15) is 11.6 Å². The van der Waals surface area contributed by atoms with Crippen LogP contribution in [0.5, 0.6) is 5.75 Å². The quantitative estimate of drug-likeness (QED) is 0.873. The van der Waals surface area contributed by atoms with Crippen LogP contribution in [0.1, 0.15) is 24.8 Å². The van der Waals surface area contributed by atoms with Crippen molar-refractivity contribution in [2.75, 3.05) is 24.6 Å². The number of hydrogen-bond donors (Lipinski definition) is 1. The van der Waals surface area contributed by atoms with Crippen LogP contribution in [-0.2, 0) is 11.3 Å². The van der Waals surface area contributed by atoms with Gasteiger partial charge in [-0.25, -0.2) is 4.39 Å². The van der Waals surface area contributed by atoms with Gasteiger partial charge in [-0.3, -0.25) is 4.79 Å². The first-order valence-corrected chi connectivity index (χ1v) is 8.70. The number of nitrogens with one attached hydrogen (secondary N) is 1. The topological polar surface area (TPSA) is 41.6 Å². The lowest BCUT2D eigenvalue weighted by molar-refractivity contribution is -0.123. The minimum absolute atomic E-state index is 0.0858. The molecule has 1 saturated heterocycles. The molecule has 132 valence electrons. The second-order valence-corrected chi connectivity index (χ2v) is 6.23. The van der Waals surface area contributed by atoms with Gasteiger partial charge in [-0.15, -0.1) is 0 Å². The van der Waals surface area contributed by atoms with Crippen LogP contribution in [0.3, 0.4) is 0 Å². The van der Waals surface area contributed by atoms with Crippen LogP contribution in [-0.4, -0.2) is 25.6 Å². The monoisotopic (exact) mass is 342 g/mol. The molecule has 0 aliphatic carbocycles. The Labute approximate surface area is 147 Å². The summed E-state index contributed by atoms with van der Waals surface area (Å²) in [6.07, 6.45) is 3.83. The molecule has 0 spiro atoms. The average Bonchev–Trinajstić information content (AvgIpc) is 2.67. The Morgan fingerprint density at radius 2 is 1.68 bits per heavy atom. The normalized spacial score (nSPS) is 14.2. The molecule has 5 heteroatoms. The van der Waals surface area contributed by atoms with E-state index in [1.807, 2.05) is 12.1 Å². The van der Waals surface area contributed by atoms with Crippen LogP contribution < -0.4 is 15.0 Å². The number of carbonyl (C=O) groups excluding carboxylic acids is 1. The molecule has 0 radical (unpaired) electrons. The van der Waals surface area contributed by atoms with Gasteiger partial charge >= 0.3 is 0 Å². The molecular formula is C20H23FN2O2. The standard InChI is InChI=1S/C20H23FN2O2/c21-17-6-10-19(11-7-17)25-15-20(24)22-14-16-4-8-18(9-5-16)23-12-2-1-3-13-23/h4-11H,1-3,12-15H2,(H,22,24). The lowest BCUT2D eigenvalue weighted by atomic mass is 10.1. The molecule has 0 bridgehead atoms. The van der Waals surface area contributed by atoms with Crippen LogP contribution >= 0.6 is 0 Å². The van der Waals surface area contributed by atoms with E-state index >= 15 is 0 Å². The molecule has 1 aliphatic rings. The van der Waals surface area contributed by atoms with E-state index < -0.39 is 0 Å². The van der Waals surface area contributed by atoms with Crippen LogP contribution in [0.15, 0.2) is 48.5 Å². The van der Waals surface area contributed by atoms with Gasteiger partial charge in [-0.05, 0) is 61.2 Å². The molecule has 1 fully saturated rings. The van der Waals surface area contributed by atoms with Crippen molar-refractivity contribution in [3.63, 3.8) is 0 Å². The highest BCUT2D eigenvalue weighted by Gasteiger charge is 2.10. The maximum atomic E-state index is 12.8. The summed E-state index contributed by atoms with van der Waals surface area (Å²) in [6.45, 7) is 2.62. The van der Waals surface area contributed by atoms with E-state index in [-0.39, 0.29) is 18.3 Å². The second kappa shape index (κ2) is 8.51. The van der Waals surface area contributed by atoms with E-state index in [1.54, 1.807) is 0 Å². The van der Waals surface area contributed by atoms with Crippen molar-refractivity contribution in [3.8, 4) is 5.75 Å². The molecule has 1 aliphatic heterocycles. The van der Waals surface area contributed by atoms with Crippen molar-refractivity contribution in [1.29, 1.82) is 0 Å². The Balaban J connectivity index is 1.43. The highest BCUT2D eigenvalue weighted by molar-refractivity contribution is 5.77. The van der Waals surface area contributed by atoms with Crippen LogP contribution in [0.4, 0.5) is 10.1 Å². The highest BCUT2D eigenvalue weighted by Crippen LogP contribution is 2.20. The number of rotatable bonds is 6. The van der Waals surface area contributed by atoms with Crippen LogP contribution in [0.25, 0.3) is 0 Å². The van der Waals surface area contributed by atoms with Gasteiger partial charge in [-0.1, -0.05) is 12.1 Å². The molecule has 0 aromatic heterocycles. The van der Waals surface area contributed by atoms with E-state index in [0.717, 1.165) is 18.7 Å². The van der Waals surface area contributed by atoms with Gasteiger partial charge in [0.15, 0.2) is 6.61 Å². The molecule has 0 unspecified atom stereocenters. The third kappa shape index (κ3) is 5.21. The SMILES string of the molecule is O=C(COc1ccc(F)cc1)NCc1ccc(N2CCCCC2)cc1. The predicted octanol–water partition coefficient (Wildman–Crippen LogP) is 3.51. The van der Waals surface area contributed by atoms with Crippen molar-refractivity contribution in [2.24, 2.45) is 0 Å². The number of amides is 1. The van der Waals surface area contributed by atoms with Gasteiger partial charge in [0, 0.05) is 25.3 Å². The van der Waals surface area contributed by atoms with Crippen molar-refractivity contribution in [1.82, 2.24) is 5.32 Å². The van der Waals surface area contributed by atoms with E-state index in [1.165, 1.54) is 49.2 Å². The first kappa shape index (κ1) is 17.3. The number of ether oxygens (including phenoxy) is 1. The van der Waals surface area contributed by atoms with Crippen molar-refractivity contribution >= 4 is 11.6 Å². The lowest BCUT2D eigenvalue weighted by Gasteiger charge is -2.28. The number of benzene rings is 2. The molecule has 0 atom stereocenters. The minimum Gasteiger partial charge on any atom is -0.484 e. The first-order chi connectivity index (χ1) is 12.2. The molecular weight excluding hydrogens is 319 g/mol. The number of nitrogens with zero attached hydrogens (tertiary/aromatic N) is 1. The summed E-state index contributed by atoms with van der Waals surface area (Å²) < 4.78 is 18.1. The molecule has 1 N–H and O–H groups in total. The Bertz CT molecular complexity index is 680. The van der Waals surface area contributed by atoms with E-state index in [4.69, 9.17) is 4.74 Å². The number of hydrogen-bond acceptors (Lipinski definition) is 3.